The smallest absolute Gasteiger partial charge is 0.245 e. The van der Waals surface area contributed by atoms with Gasteiger partial charge in [-0.25, -0.2) is 0 Å². The van der Waals surface area contributed by atoms with Gasteiger partial charge in [-0.3, -0.25) is 13.7 Å². The number of nitrogens with one attached hydrogen (secondary N) is 1. The Morgan fingerprint density at radius 3 is 2.50 bits per heavy atom. The number of amides is 1. The topological polar surface area (TPSA) is 69.2 Å². The second-order valence-electron chi connectivity index (χ2n) is 0.894. The van der Waals surface area contributed by atoms with E-state index in [0.29, 0.717) is 0 Å². The third-order valence-electron chi connectivity index (χ3n) is 0.319. The Balaban J connectivity index is 3.40. The Morgan fingerprint density at radius 2 is 2.38 bits per heavy atom. The van der Waals surface area contributed by atoms with Crippen molar-refractivity contribution in [1.29, 1.82) is 0 Å². The van der Waals surface area contributed by atoms with E-state index in [9.17, 15) is 13.6 Å². The molecule has 1 N–H and O–H groups in total. The zero-order valence-corrected chi connectivity index (χ0v) is 5.29. The summed E-state index contributed by atoms with van der Waals surface area (Å²) in [5.74, 6) is -1.06. The molecule has 6 heteroatoms. The molecule has 0 radical (unpaired) electrons. The highest BCUT2D eigenvalue weighted by Gasteiger charge is 1.93. The first-order valence-corrected chi connectivity index (χ1v) is 3.22. The fraction of sp³-hybridized carbons (Fsp3) is 0.500. The van der Waals surface area contributed by atoms with Gasteiger partial charge in [0, 0.05) is 11.3 Å². The standard InChI is InChI=1S/C2H4ClNO3S/c3-1-2(5)4-8(6)7/h1H2,(H,4,5)(H,6,7)/p-1. The molecular formula is C2H3ClNO3S-. The maximum Gasteiger partial charge on any atom is 0.245 e. The van der Waals surface area contributed by atoms with Crippen molar-refractivity contribution in [3.63, 3.8) is 0 Å². The van der Waals surface area contributed by atoms with Crippen LogP contribution in [0.25, 0.3) is 0 Å². The van der Waals surface area contributed by atoms with Crippen LogP contribution in [-0.2, 0) is 16.1 Å². The minimum absolute atomic E-state index is 0.339. The molecule has 4 nitrogen and oxygen atoms in total. The molecule has 0 fully saturated rings. The van der Waals surface area contributed by atoms with Crippen molar-refractivity contribution < 1.29 is 13.6 Å². The molecule has 0 heterocycles. The van der Waals surface area contributed by atoms with Gasteiger partial charge >= 0.3 is 0 Å². The highest BCUT2D eigenvalue weighted by atomic mass is 35.5. The van der Waals surface area contributed by atoms with E-state index < -0.39 is 17.2 Å². The number of carbonyl (C=O) groups is 1. The Morgan fingerprint density at radius 1 is 1.88 bits per heavy atom. The van der Waals surface area contributed by atoms with Crippen molar-refractivity contribution in [2.45, 2.75) is 0 Å². The van der Waals surface area contributed by atoms with E-state index in [1.807, 2.05) is 0 Å². The molecule has 0 rings (SSSR count). The highest BCUT2D eigenvalue weighted by molar-refractivity contribution is 7.77. The highest BCUT2D eigenvalue weighted by Crippen LogP contribution is 1.73. The van der Waals surface area contributed by atoms with Crippen LogP contribution >= 0.6 is 11.6 Å². The Bertz CT molecular complexity index is 116. The van der Waals surface area contributed by atoms with Crippen molar-refractivity contribution in [2.75, 3.05) is 5.88 Å². The fourth-order valence-electron chi connectivity index (χ4n) is 0.120. The first kappa shape index (κ1) is 7.87. The summed E-state index contributed by atoms with van der Waals surface area (Å²) in [6.45, 7) is 0. The molecule has 0 bridgehead atoms. The summed E-state index contributed by atoms with van der Waals surface area (Å²) in [4.78, 5) is 9.99. The molecule has 0 aliphatic heterocycles. The van der Waals surface area contributed by atoms with E-state index >= 15 is 0 Å². The van der Waals surface area contributed by atoms with Gasteiger partial charge in [0.2, 0.25) is 5.91 Å². The molecule has 0 saturated heterocycles. The molecule has 48 valence electrons. The molecule has 0 aliphatic rings. The molecule has 1 amide bonds. The Hall–Kier alpha value is -0.130. The van der Waals surface area contributed by atoms with Gasteiger partial charge in [0.1, 0.15) is 5.88 Å². The third kappa shape index (κ3) is 4.04. The van der Waals surface area contributed by atoms with E-state index in [0.717, 1.165) is 0 Å². The molecule has 0 aliphatic carbocycles. The Labute approximate surface area is 53.6 Å². The van der Waals surface area contributed by atoms with Crippen molar-refractivity contribution in [3.05, 3.63) is 0 Å². The first-order chi connectivity index (χ1) is 3.66. The lowest BCUT2D eigenvalue weighted by atomic mass is 10.8. The van der Waals surface area contributed by atoms with Crippen LogP contribution in [-0.4, -0.2) is 20.5 Å². The molecule has 0 aromatic rings. The third-order valence-corrected chi connectivity index (χ3v) is 0.956. The van der Waals surface area contributed by atoms with Crippen LogP contribution in [0.3, 0.4) is 0 Å². The van der Waals surface area contributed by atoms with Gasteiger partial charge in [0.05, 0.1) is 0 Å². The summed E-state index contributed by atoms with van der Waals surface area (Å²) in [7, 11) is 0. The van der Waals surface area contributed by atoms with Crippen LogP contribution in [0.1, 0.15) is 0 Å². The molecule has 8 heavy (non-hydrogen) atoms. The SMILES string of the molecule is O=C(CCl)NS(=O)[O-]. The average Bonchev–Trinajstić information content (AvgIpc) is 1.65. The van der Waals surface area contributed by atoms with E-state index in [2.05, 4.69) is 0 Å². The molecule has 1 unspecified atom stereocenters. The van der Waals surface area contributed by atoms with Crippen molar-refractivity contribution >= 4 is 28.8 Å². The predicted molar refractivity (Wildman–Crippen MR) is 27.8 cm³/mol. The molecular weight excluding hydrogens is 154 g/mol. The summed E-state index contributed by atoms with van der Waals surface area (Å²) in [5, 5.41) is 0. The summed E-state index contributed by atoms with van der Waals surface area (Å²) in [5.41, 5.74) is 0. The van der Waals surface area contributed by atoms with Gasteiger partial charge in [-0.05, 0) is 0 Å². The van der Waals surface area contributed by atoms with Gasteiger partial charge in [0.25, 0.3) is 0 Å². The van der Waals surface area contributed by atoms with Gasteiger partial charge < -0.3 is 4.55 Å². The number of rotatable bonds is 2. The molecule has 0 aromatic heterocycles. The zero-order chi connectivity index (χ0) is 6.57. The van der Waals surface area contributed by atoms with Crippen LogP contribution in [0.2, 0.25) is 0 Å². The lowest BCUT2D eigenvalue weighted by Crippen LogP contribution is -2.25. The van der Waals surface area contributed by atoms with Gasteiger partial charge in [-0.2, -0.15) is 0 Å². The van der Waals surface area contributed by atoms with Crippen LogP contribution in [0.15, 0.2) is 0 Å². The number of alkyl halides is 1. The zero-order valence-electron chi connectivity index (χ0n) is 3.72. The van der Waals surface area contributed by atoms with Crippen molar-refractivity contribution in [3.8, 4) is 0 Å². The lowest BCUT2D eigenvalue weighted by Gasteiger charge is -2.02. The maximum absolute atomic E-state index is 9.99. The minimum Gasteiger partial charge on any atom is -0.755 e. The molecule has 0 saturated carbocycles. The number of hydrogen-bond donors (Lipinski definition) is 1. The normalized spacial score (nSPS) is 12.8. The van der Waals surface area contributed by atoms with Crippen LogP contribution in [0.5, 0.6) is 0 Å². The maximum atomic E-state index is 9.99. The largest absolute Gasteiger partial charge is 0.755 e. The fourth-order valence-corrected chi connectivity index (χ4v) is 0.524. The summed E-state index contributed by atoms with van der Waals surface area (Å²) >= 11 is 2.38. The lowest BCUT2D eigenvalue weighted by molar-refractivity contribution is -0.117. The average molecular weight is 157 g/mol. The Kier molecular flexibility index (Phi) is 3.76. The molecule has 1 atom stereocenters. The second-order valence-corrected chi connectivity index (χ2v) is 1.83. The van der Waals surface area contributed by atoms with E-state index in [-0.39, 0.29) is 5.88 Å². The van der Waals surface area contributed by atoms with E-state index in [1.54, 1.807) is 0 Å². The van der Waals surface area contributed by atoms with E-state index in [4.69, 9.17) is 11.6 Å². The van der Waals surface area contributed by atoms with Gasteiger partial charge in [-0.1, -0.05) is 0 Å². The van der Waals surface area contributed by atoms with Crippen LogP contribution in [0, 0.1) is 0 Å². The number of carbonyl (C=O) groups excluding carboxylic acids is 1. The first-order valence-electron chi connectivity index (χ1n) is 1.61. The summed E-state index contributed by atoms with van der Waals surface area (Å²) in [6, 6.07) is 0. The van der Waals surface area contributed by atoms with Gasteiger partial charge in [0.15, 0.2) is 0 Å². The van der Waals surface area contributed by atoms with Crippen LogP contribution < -0.4 is 4.72 Å². The number of hydrogen-bond acceptors (Lipinski definition) is 3. The number of halogens is 1. The minimum atomic E-state index is -2.53. The quantitative estimate of drug-likeness (QED) is 0.418. The van der Waals surface area contributed by atoms with Crippen LogP contribution in [0.4, 0.5) is 0 Å². The molecule has 0 aromatic carbocycles. The summed E-state index contributed by atoms with van der Waals surface area (Å²) in [6.07, 6.45) is 0. The van der Waals surface area contributed by atoms with Crippen molar-refractivity contribution in [1.82, 2.24) is 4.72 Å². The molecule has 0 spiro atoms. The monoisotopic (exact) mass is 156 g/mol. The van der Waals surface area contributed by atoms with Crippen molar-refractivity contribution in [2.24, 2.45) is 0 Å². The second kappa shape index (κ2) is 3.82. The predicted octanol–water partition coefficient (Wildman–Crippen LogP) is -0.865. The summed E-state index contributed by atoms with van der Waals surface area (Å²) < 4.78 is 20.7. The van der Waals surface area contributed by atoms with E-state index in [1.165, 1.54) is 4.72 Å². The van der Waals surface area contributed by atoms with Gasteiger partial charge in [-0.15, -0.1) is 11.6 Å².